The van der Waals surface area contributed by atoms with Crippen molar-refractivity contribution >= 4 is 44.8 Å². The minimum absolute atomic E-state index is 0.00437. The number of thioether (sulfide) groups is 1. The van der Waals surface area contributed by atoms with Crippen molar-refractivity contribution in [3.05, 3.63) is 29.6 Å². The molecule has 0 fully saturated rings. The van der Waals surface area contributed by atoms with E-state index in [1.165, 1.54) is 22.9 Å². The van der Waals surface area contributed by atoms with E-state index < -0.39 is 0 Å². The monoisotopic (exact) mass is 293 g/mol. The first-order valence-corrected chi connectivity index (χ1v) is 8.53. The third kappa shape index (κ3) is 3.98. The highest BCUT2D eigenvalue weighted by molar-refractivity contribution is 8.00. The molecule has 2 nitrogen and oxygen atoms in total. The lowest BCUT2D eigenvalue weighted by Crippen LogP contribution is -2.22. The number of carbonyl (C=O) groups excluding carboxylic acids is 1. The van der Waals surface area contributed by atoms with Crippen molar-refractivity contribution in [2.24, 2.45) is 0 Å². The Morgan fingerprint density at radius 3 is 3.05 bits per heavy atom. The van der Waals surface area contributed by atoms with Crippen LogP contribution in [0.2, 0.25) is 0 Å². The van der Waals surface area contributed by atoms with Crippen molar-refractivity contribution in [3.63, 3.8) is 0 Å². The number of thiophene rings is 1. The molecule has 0 bridgehead atoms. The molecule has 0 aliphatic rings. The molecule has 102 valence electrons. The smallest absolute Gasteiger partial charge is 0.237 e. The zero-order chi connectivity index (χ0) is 13.7. The molecular weight excluding hydrogens is 274 g/mol. The molecule has 1 aromatic carbocycles. The molecular formula is C15H19NOS2. The maximum atomic E-state index is 12.1. The van der Waals surface area contributed by atoms with Gasteiger partial charge in [-0.1, -0.05) is 13.3 Å². The molecule has 4 heteroatoms. The summed E-state index contributed by atoms with van der Waals surface area (Å²) in [5, 5.41) is 6.26. The predicted octanol–water partition coefficient (Wildman–Crippen LogP) is 4.76. The van der Waals surface area contributed by atoms with Gasteiger partial charge in [-0.2, -0.15) is 0 Å². The number of hydrogen-bond acceptors (Lipinski definition) is 3. The van der Waals surface area contributed by atoms with E-state index in [1.54, 1.807) is 23.1 Å². The van der Waals surface area contributed by atoms with Gasteiger partial charge in [-0.3, -0.25) is 4.79 Å². The Balaban J connectivity index is 1.93. The van der Waals surface area contributed by atoms with Crippen LogP contribution in [0.4, 0.5) is 5.69 Å². The van der Waals surface area contributed by atoms with E-state index in [2.05, 4.69) is 29.8 Å². The summed E-state index contributed by atoms with van der Waals surface area (Å²) in [6.45, 7) is 4.14. The van der Waals surface area contributed by atoms with Gasteiger partial charge >= 0.3 is 0 Å². The normalized spacial score (nSPS) is 12.5. The van der Waals surface area contributed by atoms with Crippen LogP contribution in [0.25, 0.3) is 10.1 Å². The summed E-state index contributed by atoms with van der Waals surface area (Å²) in [6, 6.07) is 8.15. The molecule has 0 aliphatic heterocycles. The van der Waals surface area contributed by atoms with Crippen molar-refractivity contribution in [1.82, 2.24) is 0 Å². The summed E-state index contributed by atoms with van der Waals surface area (Å²) in [6.07, 6.45) is 2.35. The fourth-order valence-electron chi connectivity index (χ4n) is 1.77. The number of fused-ring (bicyclic) bond motifs is 1. The van der Waals surface area contributed by atoms with Gasteiger partial charge in [0.05, 0.1) is 5.25 Å². The molecule has 2 rings (SSSR count). The predicted molar refractivity (Wildman–Crippen MR) is 87.3 cm³/mol. The highest BCUT2D eigenvalue weighted by atomic mass is 32.2. The van der Waals surface area contributed by atoms with E-state index in [0.29, 0.717) is 0 Å². The largest absolute Gasteiger partial charge is 0.325 e. The van der Waals surface area contributed by atoms with Crippen LogP contribution < -0.4 is 5.32 Å². The molecule has 0 spiro atoms. The molecule has 1 amide bonds. The lowest BCUT2D eigenvalue weighted by atomic mass is 10.2. The fraction of sp³-hybridized carbons (Fsp3) is 0.400. The average molecular weight is 293 g/mol. The van der Waals surface area contributed by atoms with Crippen LogP contribution in [0, 0.1) is 0 Å². The van der Waals surface area contributed by atoms with Gasteiger partial charge in [-0.15, -0.1) is 23.1 Å². The third-order valence-corrected chi connectivity index (χ3v) is 5.09. The molecule has 2 aromatic rings. The van der Waals surface area contributed by atoms with Crippen molar-refractivity contribution < 1.29 is 4.79 Å². The highest BCUT2D eigenvalue weighted by Crippen LogP contribution is 2.24. The Kier molecular flexibility index (Phi) is 5.28. The van der Waals surface area contributed by atoms with E-state index in [4.69, 9.17) is 0 Å². The molecule has 1 heterocycles. The number of carbonyl (C=O) groups is 1. The van der Waals surface area contributed by atoms with Gasteiger partial charge in [0.1, 0.15) is 0 Å². The zero-order valence-corrected chi connectivity index (χ0v) is 12.9. The maximum absolute atomic E-state index is 12.1. The number of rotatable bonds is 6. The van der Waals surface area contributed by atoms with Gasteiger partial charge in [0, 0.05) is 10.4 Å². The van der Waals surface area contributed by atoms with Crippen LogP contribution in [0.3, 0.4) is 0 Å². The molecule has 0 saturated carbocycles. The molecule has 1 unspecified atom stereocenters. The number of nitrogens with one attached hydrogen (secondary N) is 1. The first kappa shape index (κ1) is 14.4. The quantitative estimate of drug-likeness (QED) is 0.778. The first-order valence-electron chi connectivity index (χ1n) is 6.60. The summed E-state index contributed by atoms with van der Waals surface area (Å²) in [7, 11) is 0. The van der Waals surface area contributed by atoms with Crippen LogP contribution in [0.15, 0.2) is 29.6 Å². The van der Waals surface area contributed by atoms with E-state index in [-0.39, 0.29) is 11.2 Å². The Bertz CT molecular complexity index is 550. The number of benzene rings is 1. The number of unbranched alkanes of at least 4 members (excludes halogenated alkanes) is 1. The van der Waals surface area contributed by atoms with Crippen LogP contribution >= 0.6 is 23.1 Å². The Labute approximate surface area is 122 Å². The van der Waals surface area contributed by atoms with E-state index in [0.717, 1.165) is 11.4 Å². The van der Waals surface area contributed by atoms with Gasteiger partial charge in [-0.05, 0) is 54.1 Å². The van der Waals surface area contributed by atoms with Crippen molar-refractivity contribution in [3.8, 4) is 0 Å². The lowest BCUT2D eigenvalue weighted by molar-refractivity contribution is -0.115. The first-order chi connectivity index (χ1) is 9.20. The Hall–Kier alpha value is -1.00. The molecule has 0 saturated heterocycles. The maximum Gasteiger partial charge on any atom is 0.237 e. The minimum atomic E-state index is 0.00437. The second-order valence-corrected chi connectivity index (χ2v) is 6.93. The van der Waals surface area contributed by atoms with Gasteiger partial charge in [0.25, 0.3) is 0 Å². The number of hydrogen-bond donors (Lipinski definition) is 1. The second-order valence-electron chi connectivity index (χ2n) is 4.53. The molecule has 1 N–H and O–H groups in total. The summed E-state index contributed by atoms with van der Waals surface area (Å²) >= 11 is 3.44. The van der Waals surface area contributed by atoms with Gasteiger partial charge in [0.15, 0.2) is 0 Å². The fourth-order valence-corrected chi connectivity index (χ4v) is 3.56. The standard InChI is InChI=1S/C15H19NOS2/c1-3-4-8-18-11(2)15(17)16-13-5-6-14-12(10-13)7-9-19-14/h5-7,9-11H,3-4,8H2,1-2H3,(H,16,17). The molecule has 0 radical (unpaired) electrons. The van der Waals surface area contributed by atoms with Gasteiger partial charge in [0.2, 0.25) is 5.91 Å². The number of anilines is 1. The summed E-state index contributed by atoms with van der Waals surface area (Å²) in [5.41, 5.74) is 0.888. The molecule has 1 aromatic heterocycles. The Morgan fingerprint density at radius 1 is 1.42 bits per heavy atom. The van der Waals surface area contributed by atoms with E-state index in [1.807, 2.05) is 19.1 Å². The number of amides is 1. The van der Waals surface area contributed by atoms with Crippen LogP contribution in [0.1, 0.15) is 26.7 Å². The summed E-state index contributed by atoms with van der Waals surface area (Å²) in [5.74, 6) is 1.14. The van der Waals surface area contributed by atoms with Crippen molar-refractivity contribution in [2.45, 2.75) is 31.9 Å². The summed E-state index contributed by atoms with van der Waals surface area (Å²) in [4.78, 5) is 12.1. The van der Waals surface area contributed by atoms with Crippen LogP contribution in [0.5, 0.6) is 0 Å². The van der Waals surface area contributed by atoms with Gasteiger partial charge in [-0.25, -0.2) is 0 Å². The van der Waals surface area contributed by atoms with Crippen molar-refractivity contribution in [2.75, 3.05) is 11.1 Å². The van der Waals surface area contributed by atoms with E-state index >= 15 is 0 Å². The average Bonchev–Trinajstić information content (AvgIpc) is 2.86. The second kappa shape index (κ2) is 6.96. The summed E-state index contributed by atoms with van der Waals surface area (Å²) < 4.78 is 1.25. The van der Waals surface area contributed by atoms with Crippen LogP contribution in [-0.4, -0.2) is 16.9 Å². The van der Waals surface area contributed by atoms with E-state index in [9.17, 15) is 4.79 Å². The zero-order valence-electron chi connectivity index (χ0n) is 11.3. The van der Waals surface area contributed by atoms with Crippen molar-refractivity contribution in [1.29, 1.82) is 0 Å². The van der Waals surface area contributed by atoms with Crippen LogP contribution in [-0.2, 0) is 4.79 Å². The third-order valence-electron chi connectivity index (χ3n) is 2.95. The van der Waals surface area contributed by atoms with Gasteiger partial charge < -0.3 is 5.32 Å². The topological polar surface area (TPSA) is 29.1 Å². The lowest BCUT2D eigenvalue weighted by Gasteiger charge is -2.11. The minimum Gasteiger partial charge on any atom is -0.325 e. The highest BCUT2D eigenvalue weighted by Gasteiger charge is 2.13. The molecule has 1 atom stereocenters. The SMILES string of the molecule is CCCCSC(C)C(=O)Nc1ccc2sccc2c1. The molecule has 0 aliphatic carbocycles. The molecule has 19 heavy (non-hydrogen) atoms. The Morgan fingerprint density at radius 2 is 2.26 bits per heavy atom.